The summed E-state index contributed by atoms with van der Waals surface area (Å²) in [6.45, 7) is 4.19. The fourth-order valence-corrected chi connectivity index (χ4v) is 3.34. The van der Waals surface area contributed by atoms with Crippen LogP contribution in [-0.2, 0) is 10.2 Å². The van der Waals surface area contributed by atoms with Gasteiger partial charge in [0.2, 0.25) is 5.91 Å². The third-order valence-electron chi connectivity index (χ3n) is 4.31. The largest absolute Gasteiger partial charge is 0.357 e. The molecule has 0 bridgehead atoms. The number of hydrogen-bond donors (Lipinski definition) is 2. The Morgan fingerprint density at radius 1 is 1.29 bits per heavy atom. The fraction of sp³-hybridized carbons (Fsp3) is 0.556. The van der Waals surface area contributed by atoms with E-state index in [-0.39, 0.29) is 11.3 Å². The molecule has 2 N–H and O–H groups in total. The van der Waals surface area contributed by atoms with Gasteiger partial charge in [-0.3, -0.25) is 9.79 Å². The van der Waals surface area contributed by atoms with Gasteiger partial charge in [0.25, 0.3) is 0 Å². The van der Waals surface area contributed by atoms with Gasteiger partial charge >= 0.3 is 0 Å². The maximum atomic E-state index is 11.7. The van der Waals surface area contributed by atoms with Crippen molar-refractivity contribution in [3.8, 4) is 0 Å². The van der Waals surface area contributed by atoms with Crippen LogP contribution in [-0.4, -0.2) is 50.5 Å². The minimum Gasteiger partial charge on any atom is -0.357 e. The number of amides is 1. The van der Waals surface area contributed by atoms with E-state index in [2.05, 4.69) is 44.8 Å². The highest BCUT2D eigenvalue weighted by Gasteiger charge is 2.45. The van der Waals surface area contributed by atoms with Crippen molar-refractivity contribution in [3.63, 3.8) is 0 Å². The van der Waals surface area contributed by atoms with E-state index in [1.54, 1.807) is 19.0 Å². The van der Waals surface area contributed by atoms with Crippen LogP contribution in [0.5, 0.6) is 0 Å². The molecule has 1 amide bonds. The standard InChI is InChI=1S/C18H27BrN4O/c1-4-20-17(21-12-9-16(24)23(2)3)22-13-18(10-11-18)14-7-5-6-8-15(14)19/h5-8H,4,9-13H2,1-3H3,(H2,20,21,22). The lowest BCUT2D eigenvalue weighted by atomic mass is 9.96. The van der Waals surface area contributed by atoms with Crippen molar-refractivity contribution in [3.05, 3.63) is 34.3 Å². The highest BCUT2D eigenvalue weighted by atomic mass is 79.9. The lowest BCUT2D eigenvalue weighted by Crippen LogP contribution is -2.39. The van der Waals surface area contributed by atoms with E-state index in [1.165, 1.54) is 5.56 Å². The Morgan fingerprint density at radius 2 is 2.00 bits per heavy atom. The highest BCUT2D eigenvalue weighted by molar-refractivity contribution is 9.10. The molecule has 0 aliphatic heterocycles. The quantitative estimate of drug-likeness (QED) is 0.551. The minimum absolute atomic E-state index is 0.116. The predicted octanol–water partition coefficient (Wildman–Crippen LogP) is 2.51. The number of guanidine groups is 1. The molecule has 1 aromatic rings. The van der Waals surface area contributed by atoms with Gasteiger partial charge < -0.3 is 15.5 Å². The summed E-state index contributed by atoms with van der Waals surface area (Å²) in [6.07, 6.45) is 2.79. The van der Waals surface area contributed by atoms with E-state index in [1.807, 2.05) is 13.0 Å². The number of nitrogens with zero attached hydrogens (tertiary/aromatic N) is 2. The van der Waals surface area contributed by atoms with Crippen LogP contribution in [0, 0.1) is 0 Å². The van der Waals surface area contributed by atoms with Crippen molar-refractivity contribution >= 4 is 27.8 Å². The third kappa shape index (κ3) is 4.97. The molecule has 0 heterocycles. The Kier molecular flexibility index (Phi) is 6.66. The fourth-order valence-electron chi connectivity index (χ4n) is 2.64. The average molecular weight is 395 g/mol. The summed E-state index contributed by atoms with van der Waals surface area (Å²) in [4.78, 5) is 18.0. The number of nitrogens with one attached hydrogen (secondary N) is 2. The number of carbonyl (C=O) groups excluding carboxylic acids is 1. The molecule has 0 aromatic heterocycles. The Balaban J connectivity index is 1.96. The molecule has 24 heavy (non-hydrogen) atoms. The third-order valence-corrected chi connectivity index (χ3v) is 5.00. The topological polar surface area (TPSA) is 56.7 Å². The Labute approximate surface area is 153 Å². The molecule has 5 nitrogen and oxygen atoms in total. The number of hydrogen-bond acceptors (Lipinski definition) is 2. The van der Waals surface area contributed by atoms with Crippen LogP contribution >= 0.6 is 15.9 Å². The summed E-state index contributed by atoms with van der Waals surface area (Å²) >= 11 is 3.66. The number of halogens is 1. The Morgan fingerprint density at radius 3 is 2.58 bits per heavy atom. The summed E-state index contributed by atoms with van der Waals surface area (Å²) in [5, 5.41) is 6.51. The van der Waals surface area contributed by atoms with Gasteiger partial charge in [0.05, 0.1) is 6.54 Å². The van der Waals surface area contributed by atoms with Gasteiger partial charge in [-0.05, 0) is 31.4 Å². The molecule has 0 atom stereocenters. The van der Waals surface area contributed by atoms with Gasteiger partial charge in [-0.25, -0.2) is 0 Å². The van der Waals surface area contributed by atoms with Crippen LogP contribution in [0.1, 0.15) is 31.7 Å². The Bertz CT molecular complexity index is 596. The summed E-state index contributed by atoms with van der Waals surface area (Å²) in [5.41, 5.74) is 1.49. The van der Waals surface area contributed by atoms with Crippen LogP contribution in [0.4, 0.5) is 0 Å². The van der Waals surface area contributed by atoms with E-state index >= 15 is 0 Å². The molecule has 1 aromatic carbocycles. The second kappa shape index (κ2) is 8.51. The van der Waals surface area contributed by atoms with Crippen LogP contribution in [0.15, 0.2) is 33.7 Å². The molecule has 0 radical (unpaired) electrons. The predicted molar refractivity (Wildman–Crippen MR) is 102 cm³/mol. The number of aliphatic imine (C=N–C) groups is 1. The van der Waals surface area contributed by atoms with Crippen LogP contribution in [0.25, 0.3) is 0 Å². The molecule has 2 rings (SSSR count). The summed E-state index contributed by atoms with van der Waals surface area (Å²) in [5.74, 6) is 0.896. The van der Waals surface area contributed by atoms with E-state index in [0.29, 0.717) is 13.0 Å². The summed E-state index contributed by atoms with van der Waals surface area (Å²) in [6, 6.07) is 8.40. The number of benzene rings is 1. The maximum Gasteiger partial charge on any atom is 0.223 e. The van der Waals surface area contributed by atoms with Crippen LogP contribution < -0.4 is 10.6 Å². The first-order chi connectivity index (χ1) is 11.5. The maximum absolute atomic E-state index is 11.7. The number of carbonyl (C=O) groups is 1. The zero-order valence-electron chi connectivity index (χ0n) is 14.7. The summed E-state index contributed by atoms with van der Waals surface area (Å²) < 4.78 is 1.16. The summed E-state index contributed by atoms with van der Waals surface area (Å²) in [7, 11) is 3.55. The lowest BCUT2D eigenvalue weighted by molar-refractivity contribution is -0.128. The molecule has 1 aliphatic rings. The molecule has 0 unspecified atom stereocenters. The highest BCUT2D eigenvalue weighted by Crippen LogP contribution is 2.50. The monoisotopic (exact) mass is 394 g/mol. The second-order valence-corrected chi connectivity index (χ2v) is 7.27. The van der Waals surface area contributed by atoms with Crippen molar-refractivity contribution in [1.82, 2.24) is 15.5 Å². The molecule has 1 saturated carbocycles. The van der Waals surface area contributed by atoms with Crippen molar-refractivity contribution < 1.29 is 4.79 Å². The Hall–Kier alpha value is -1.56. The van der Waals surface area contributed by atoms with Gasteiger partial charge in [0, 0.05) is 43.5 Å². The van der Waals surface area contributed by atoms with Crippen molar-refractivity contribution in [2.75, 3.05) is 33.7 Å². The first-order valence-corrected chi connectivity index (χ1v) is 9.25. The van der Waals surface area contributed by atoms with E-state index in [9.17, 15) is 4.79 Å². The van der Waals surface area contributed by atoms with Crippen molar-refractivity contribution in [2.24, 2.45) is 4.99 Å². The zero-order valence-corrected chi connectivity index (χ0v) is 16.3. The van der Waals surface area contributed by atoms with Gasteiger partial charge in [-0.15, -0.1) is 0 Å². The van der Waals surface area contributed by atoms with E-state index in [4.69, 9.17) is 4.99 Å². The van der Waals surface area contributed by atoms with Gasteiger partial charge in [-0.2, -0.15) is 0 Å². The molecular weight excluding hydrogens is 368 g/mol. The molecule has 1 fully saturated rings. The number of rotatable bonds is 7. The van der Waals surface area contributed by atoms with Crippen LogP contribution in [0.3, 0.4) is 0 Å². The molecule has 132 valence electrons. The van der Waals surface area contributed by atoms with E-state index < -0.39 is 0 Å². The van der Waals surface area contributed by atoms with Crippen molar-refractivity contribution in [1.29, 1.82) is 0 Å². The van der Waals surface area contributed by atoms with Crippen molar-refractivity contribution in [2.45, 2.75) is 31.6 Å². The minimum atomic E-state index is 0.116. The molecule has 0 spiro atoms. The first kappa shape index (κ1) is 18.8. The smallest absolute Gasteiger partial charge is 0.223 e. The normalized spacial score (nSPS) is 15.8. The molecule has 6 heteroatoms. The van der Waals surface area contributed by atoms with Gasteiger partial charge in [0.1, 0.15) is 0 Å². The SMILES string of the molecule is CCNC(=NCC1(c2ccccc2Br)CC1)NCCC(=O)N(C)C. The van der Waals surface area contributed by atoms with Gasteiger partial charge in [0.15, 0.2) is 5.96 Å². The molecule has 0 saturated heterocycles. The van der Waals surface area contributed by atoms with Crippen LogP contribution in [0.2, 0.25) is 0 Å². The zero-order chi connectivity index (χ0) is 17.6. The van der Waals surface area contributed by atoms with Gasteiger partial charge in [-0.1, -0.05) is 34.1 Å². The van der Waals surface area contributed by atoms with E-state index in [0.717, 1.165) is 36.4 Å². The second-order valence-electron chi connectivity index (χ2n) is 6.42. The average Bonchev–Trinajstić information content (AvgIpc) is 3.33. The molecular formula is C18H27BrN4O. The lowest BCUT2D eigenvalue weighted by Gasteiger charge is -2.17. The first-order valence-electron chi connectivity index (χ1n) is 8.46. The molecule has 1 aliphatic carbocycles.